The fraction of sp³-hybridized carbons (Fsp3) is 0.318. The number of ether oxygens (including phenoxy) is 1. The van der Waals surface area contributed by atoms with Gasteiger partial charge >= 0.3 is 0 Å². The Morgan fingerprint density at radius 2 is 1.74 bits per heavy atom. The van der Waals surface area contributed by atoms with Crippen molar-refractivity contribution in [1.29, 1.82) is 0 Å². The van der Waals surface area contributed by atoms with Crippen molar-refractivity contribution in [2.75, 3.05) is 24.5 Å². The number of tetrazole rings is 1. The topological polar surface area (TPSA) is 93.5 Å². The molecule has 2 aromatic carbocycles. The molecule has 2 aliphatic heterocycles. The predicted octanol–water partition coefficient (Wildman–Crippen LogP) is 2.08. The summed E-state index contributed by atoms with van der Waals surface area (Å²) in [7, 11) is 0. The van der Waals surface area contributed by atoms with E-state index in [1.165, 1.54) is 11.0 Å². The lowest BCUT2D eigenvalue weighted by Gasteiger charge is -2.37. The third-order valence-electron chi connectivity index (χ3n) is 5.69. The van der Waals surface area contributed by atoms with Crippen molar-refractivity contribution in [3.8, 4) is 11.4 Å². The number of hydrogen-bond donors (Lipinski definition) is 0. The summed E-state index contributed by atoms with van der Waals surface area (Å²) in [6.45, 7) is 1.67. The molecule has 5 rings (SSSR count). The molecule has 9 heteroatoms. The Bertz CT molecular complexity index is 1080. The van der Waals surface area contributed by atoms with Crippen LogP contribution in [0.2, 0.25) is 0 Å². The summed E-state index contributed by atoms with van der Waals surface area (Å²) in [6.07, 6.45) is 3.93. The number of benzene rings is 2. The largest absolute Gasteiger partial charge is 0.476 e. The first-order chi connectivity index (χ1) is 15.2. The first kappa shape index (κ1) is 19.2. The van der Waals surface area contributed by atoms with Crippen LogP contribution in [0, 0.1) is 0 Å². The Hall–Kier alpha value is -3.75. The lowest BCUT2D eigenvalue weighted by molar-refractivity contribution is -0.139. The molecule has 1 fully saturated rings. The molecular formula is C22H22N6O3. The molecule has 9 nitrogen and oxygen atoms in total. The number of carbonyl (C=O) groups excluding carboxylic acids is 2. The number of hydrogen-bond acceptors (Lipinski definition) is 6. The normalized spacial score (nSPS) is 18.3. The molecule has 0 radical (unpaired) electrons. The van der Waals surface area contributed by atoms with Gasteiger partial charge in [-0.05, 0) is 66.1 Å². The summed E-state index contributed by atoms with van der Waals surface area (Å²) < 4.78 is 7.54. The van der Waals surface area contributed by atoms with E-state index < -0.39 is 6.10 Å². The minimum Gasteiger partial charge on any atom is -0.476 e. The smallest absolute Gasteiger partial charge is 0.265 e. The van der Waals surface area contributed by atoms with Gasteiger partial charge in [-0.15, -0.1) is 5.10 Å². The minimum absolute atomic E-state index is 0.0546. The average molecular weight is 418 g/mol. The van der Waals surface area contributed by atoms with Crippen molar-refractivity contribution < 1.29 is 14.3 Å². The van der Waals surface area contributed by atoms with Crippen LogP contribution in [0.25, 0.3) is 5.69 Å². The van der Waals surface area contributed by atoms with E-state index in [1.54, 1.807) is 35.2 Å². The summed E-state index contributed by atoms with van der Waals surface area (Å²) in [4.78, 5) is 30.0. The molecule has 3 heterocycles. The van der Waals surface area contributed by atoms with Crippen LogP contribution >= 0.6 is 0 Å². The molecule has 1 unspecified atom stereocenters. The number of carbonyl (C=O) groups is 2. The number of anilines is 1. The van der Waals surface area contributed by atoms with E-state index in [-0.39, 0.29) is 18.4 Å². The molecule has 0 spiro atoms. The van der Waals surface area contributed by atoms with E-state index in [2.05, 4.69) is 15.5 Å². The SMILES string of the molecule is O=C(C1CN(C(=O)c2ccc(-n3cnnn3)cc2)c2ccccc2O1)N1CCCCC1. The van der Waals surface area contributed by atoms with Crippen molar-refractivity contribution in [3.05, 3.63) is 60.4 Å². The highest BCUT2D eigenvalue weighted by Crippen LogP contribution is 2.34. The number of nitrogens with zero attached hydrogens (tertiary/aromatic N) is 6. The zero-order valence-corrected chi connectivity index (χ0v) is 16.9. The fourth-order valence-electron chi connectivity index (χ4n) is 4.07. The Kier molecular flexibility index (Phi) is 5.07. The first-order valence-corrected chi connectivity index (χ1v) is 10.4. The maximum absolute atomic E-state index is 13.4. The van der Waals surface area contributed by atoms with E-state index in [9.17, 15) is 9.59 Å². The minimum atomic E-state index is -0.711. The van der Waals surface area contributed by atoms with Crippen molar-refractivity contribution in [2.24, 2.45) is 0 Å². The lowest BCUT2D eigenvalue weighted by atomic mass is 10.1. The van der Waals surface area contributed by atoms with Gasteiger partial charge in [-0.25, -0.2) is 4.68 Å². The number of amides is 2. The number of rotatable bonds is 3. The summed E-state index contributed by atoms with van der Waals surface area (Å²) in [5.74, 6) is 0.305. The monoisotopic (exact) mass is 418 g/mol. The quantitative estimate of drug-likeness (QED) is 0.647. The maximum atomic E-state index is 13.4. The van der Waals surface area contributed by atoms with E-state index >= 15 is 0 Å². The lowest BCUT2D eigenvalue weighted by Crippen LogP contribution is -2.52. The molecule has 1 aromatic heterocycles. The van der Waals surface area contributed by atoms with Crippen molar-refractivity contribution >= 4 is 17.5 Å². The number of para-hydroxylation sites is 2. The van der Waals surface area contributed by atoms with Crippen LogP contribution in [0.3, 0.4) is 0 Å². The van der Waals surface area contributed by atoms with E-state index in [0.29, 0.717) is 17.0 Å². The van der Waals surface area contributed by atoms with Gasteiger partial charge in [0.25, 0.3) is 11.8 Å². The third-order valence-corrected chi connectivity index (χ3v) is 5.69. The van der Waals surface area contributed by atoms with Gasteiger partial charge in [0.15, 0.2) is 6.10 Å². The van der Waals surface area contributed by atoms with Crippen LogP contribution in [0.4, 0.5) is 5.69 Å². The van der Waals surface area contributed by atoms with Gasteiger partial charge in [0.05, 0.1) is 17.9 Å². The first-order valence-electron chi connectivity index (χ1n) is 10.4. The molecule has 3 aromatic rings. The number of likely N-dealkylation sites (tertiary alicyclic amines) is 1. The molecule has 1 saturated heterocycles. The summed E-state index contributed by atoms with van der Waals surface area (Å²) in [6, 6.07) is 14.4. The van der Waals surface area contributed by atoms with Crippen LogP contribution in [0.1, 0.15) is 29.6 Å². The molecule has 0 bridgehead atoms. The summed E-state index contributed by atoms with van der Waals surface area (Å²) >= 11 is 0. The molecule has 31 heavy (non-hydrogen) atoms. The molecule has 2 aliphatic rings. The van der Waals surface area contributed by atoms with Crippen LogP contribution in [-0.4, -0.2) is 62.7 Å². The molecule has 2 amide bonds. The zero-order valence-electron chi connectivity index (χ0n) is 16.9. The molecule has 0 aliphatic carbocycles. The highest BCUT2D eigenvalue weighted by molar-refractivity contribution is 6.08. The Morgan fingerprint density at radius 3 is 2.48 bits per heavy atom. The highest BCUT2D eigenvalue weighted by atomic mass is 16.5. The molecule has 0 N–H and O–H groups in total. The predicted molar refractivity (Wildman–Crippen MR) is 112 cm³/mol. The van der Waals surface area contributed by atoms with Gasteiger partial charge in [-0.1, -0.05) is 12.1 Å². The van der Waals surface area contributed by atoms with Crippen LogP contribution in [-0.2, 0) is 4.79 Å². The second-order valence-electron chi connectivity index (χ2n) is 7.68. The van der Waals surface area contributed by atoms with Gasteiger partial charge in [0, 0.05) is 18.7 Å². The maximum Gasteiger partial charge on any atom is 0.265 e. The molecule has 1 atom stereocenters. The van der Waals surface area contributed by atoms with Crippen LogP contribution in [0.15, 0.2) is 54.9 Å². The van der Waals surface area contributed by atoms with Gasteiger partial charge in [0.2, 0.25) is 0 Å². The van der Waals surface area contributed by atoms with Gasteiger partial charge < -0.3 is 14.5 Å². The van der Waals surface area contributed by atoms with Crippen LogP contribution in [0.5, 0.6) is 5.75 Å². The zero-order chi connectivity index (χ0) is 21.2. The second-order valence-corrected chi connectivity index (χ2v) is 7.68. The second kappa shape index (κ2) is 8.17. The van der Waals surface area contributed by atoms with E-state index in [4.69, 9.17) is 4.74 Å². The third kappa shape index (κ3) is 3.74. The van der Waals surface area contributed by atoms with Crippen molar-refractivity contribution in [2.45, 2.75) is 25.4 Å². The summed E-state index contributed by atoms with van der Waals surface area (Å²) in [5.41, 5.74) is 1.93. The fourth-order valence-corrected chi connectivity index (χ4v) is 4.07. The number of aromatic nitrogens is 4. The van der Waals surface area contributed by atoms with E-state index in [1.807, 2.05) is 23.1 Å². The Morgan fingerprint density at radius 1 is 0.968 bits per heavy atom. The summed E-state index contributed by atoms with van der Waals surface area (Å²) in [5, 5.41) is 11.1. The molecular weight excluding hydrogens is 396 g/mol. The molecule has 0 saturated carbocycles. The van der Waals surface area contributed by atoms with Crippen molar-refractivity contribution in [3.63, 3.8) is 0 Å². The van der Waals surface area contributed by atoms with Crippen LogP contribution < -0.4 is 9.64 Å². The Labute approximate surface area is 179 Å². The van der Waals surface area contributed by atoms with E-state index in [0.717, 1.165) is 38.0 Å². The van der Waals surface area contributed by atoms with Gasteiger partial charge in [-0.3, -0.25) is 9.59 Å². The molecule has 158 valence electrons. The number of piperidine rings is 1. The standard InChI is InChI=1S/C22H22N6O3/c29-21(16-8-10-17(11-9-16)28-15-23-24-25-28)27-14-20(22(30)26-12-4-1-5-13-26)31-19-7-3-2-6-18(19)27/h2-3,6-11,15,20H,1,4-5,12-14H2. The number of fused-ring (bicyclic) bond motifs is 1. The Balaban J connectivity index is 1.41. The highest BCUT2D eigenvalue weighted by Gasteiger charge is 2.36. The van der Waals surface area contributed by atoms with Gasteiger partial charge in [0.1, 0.15) is 12.1 Å². The van der Waals surface area contributed by atoms with Gasteiger partial charge in [-0.2, -0.15) is 0 Å². The van der Waals surface area contributed by atoms with Crippen molar-refractivity contribution in [1.82, 2.24) is 25.1 Å². The average Bonchev–Trinajstić information content (AvgIpc) is 3.38.